The molecule has 1 aliphatic carbocycles. The molecule has 2 N–H and O–H groups in total. The lowest BCUT2D eigenvalue weighted by Crippen LogP contribution is -2.15. The molecule has 1 saturated carbocycles. The number of nitrogens with zero attached hydrogens (tertiary/aromatic N) is 4. The van der Waals surface area contributed by atoms with Crippen LogP contribution in [0, 0.1) is 18.7 Å². The molecule has 0 spiro atoms. The predicted octanol–water partition coefficient (Wildman–Crippen LogP) is 3.02. The lowest BCUT2D eigenvalue weighted by atomic mass is 10.0. The Hall–Kier alpha value is -3.36. The summed E-state index contributed by atoms with van der Waals surface area (Å²) in [6.45, 7) is 1.69. The Morgan fingerprint density at radius 1 is 1.37 bits per heavy atom. The van der Waals surface area contributed by atoms with E-state index >= 15 is 0 Å². The summed E-state index contributed by atoms with van der Waals surface area (Å²) >= 11 is 0. The number of benzene rings is 1. The highest BCUT2D eigenvalue weighted by Crippen LogP contribution is 2.35. The van der Waals surface area contributed by atoms with Gasteiger partial charge in [0, 0.05) is 17.1 Å². The van der Waals surface area contributed by atoms with Gasteiger partial charge in [-0.15, -0.1) is 0 Å². The Morgan fingerprint density at radius 2 is 2.19 bits per heavy atom. The van der Waals surface area contributed by atoms with E-state index in [9.17, 15) is 13.6 Å². The van der Waals surface area contributed by atoms with Crippen molar-refractivity contribution in [3.63, 3.8) is 0 Å². The molecule has 27 heavy (non-hydrogen) atoms. The number of H-pyrrole nitrogens is 1. The number of carbonyl (C=O) groups excluding carboxylic acids is 1. The molecule has 0 bridgehead atoms. The normalized spacial score (nSPS) is 18.9. The van der Waals surface area contributed by atoms with Crippen LogP contribution >= 0.6 is 0 Å². The van der Waals surface area contributed by atoms with Crippen LogP contribution in [0.25, 0.3) is 27.8 Å². The molecule has 0 radical (unpaired) electrons. The van der Waals surface area contributed by atoms with E-state index in [1.807, 2.05) is 0 Å². The molecule has 5 rings (SSSR count). The van der Waals surface area contributed by atoms with Crippen molar-refractivity contribution in [3.8, 4) is 11.3 Å². The zero-order valence-corrected chi connectivity index (χ0v) is 14.2. The maximum Gasteiger partial charge on any atom is 0.231 e. The van der Waals surface area contributed by atoms with Crippen molar-refractivity contribution in [1.29, 1.82) is 0 Å². The summed E-state index contributed by atoms with van der Waals surface area (Å²) in [5, 5.41) is 10.1. The van der Waals surface area contributed by atoms with Crippen LogP contribution in [0.2, 0.25) is 0 Å². The van der Waals surface area contributed by atoms with Crippen LogP contribution in [0.5, 0.6) is 0 Å². The smallest absolute Gasteiger partial charge is 0.231 e. The number of halogens is 2. The molecular formula is C18H14F2N6O. The third-order valence-corrected chi connectivity index (χ3v) is 4.84. The first-order chi connectivity index (χ1) is 13.0. The maximum atomic E-state index is 14.3. The zero-order valence-electron chi connectivity index (χ0n) is 14.2. The van der Waals surface area contributed by atoms with E-state index in [4.69, 9.17) is 0 Å². The van der Waals surface area contributed by atoms with E-state index in [0.717, 1.165) is 5.39 Å². The highest BCUT2D eigenvalue weighted by atomic mass is 19.1. The first-order valence-electron chi connectivity index (χ1n) is 8.43. The van der Waals surface area contributed by atoms with Gasteiger partial charge in [-0.3, -0.25) is 14.9 Å². The summed E-state index contributed by atoms with van der Waals surface area (Å²) in [5.74, 6) is -0.997. The molecule has 3 aromatic heterocycles. The SMILES string of the molecule is Cc1c(F)cc2[nH]ncc2c1-c1cn2cc(NC(=O)[C@@H]3C[C@@H]3F)nc2cn1. The summed E-state index contributed by atoms with van der Waals surface area (Å²) in [6.07, 6.45) is 5.69. The number of amides is 1. The van der Waals surface area contributed by atoms with Crippen molar-refractivity contribution in [1.82, 2.24) is 24.6 Å². The minimum absolute atomic E-state index is 0.254. The Labute approximate surface area is 151 Å². The van der Waals surface area contributed by atoms with Crippen molar-refractivity contribution in [2.45, 2.75) is 19.5 Å². The number of imidazole rings is 1. The van der Waals surface area contributed by atoms with E-state index in [0.29, 0.717) is 33.8 Å². The van der Waals surface area contributed by atoms with Crippen LogP contribution in [0.1, 0.15) is 12.0 Å². The summed E-state index contributed by atoms with van der Waals surface area (Å²) in [4.78, 5) is 20.5. The number of alkyl halides is 1. The van der Waals surface area contributed by atoms with Gasteiger partial charge in [-0.1, -0.05) is 0 Å². The quantitative estimate of drug-likeness (QED) is 0.582. The number of anilines is 1. The first-order valence-corrected chi connectivity index (χ1v) is 8.43. The van der Waals surface area contributed by atoms with Gasteiger partial charge in [-0.25, -0.2) is 13.8 Å². The fourth-order valence-corrected chi connectivity index (χ4v) is 3.23. The Balaban J connectivity index is 1.56. The monoisotopic (exact) mass is 368 g/mol. The van der Waals surface area contributed by atoms with Gasteiger partial charge in [0.15, 0.2) is 11.5 Å². The summed E-state index contributed by atoms with van der Waals surface area (Å²) in [7, 11) is 0. The van der Waals surface area contributed by atoms with E-state index < -0.39 is 12.1 Å². The molecule has 2 atom stereocenters. The van der Waals surface area contributed by atoms with Gasteiger partial charge in [0.05, 0.1) is 35.7 Å². The summed E-state index contributed by atoms with van der Waals surface area (Å²) in [5.41, 5.74) is 2.75. The molecule has 1 amide bonds. The zero-order chi connectivity index (χ0) is 18.7. The van der Waals surface area contributed by atoms with Crippen LogP contribution < -0.4 is 5.32 Å². The third-order valence-electron chi connectivity index (χ3n) is 4.84. The first kappa shape index (κ1) is 15.9. The van der Waals surface area contributed by atoms with Gasteiger partial charge < -0.3 is 9.72 Å². The maximum absolute atomic E-state index is 14.3. The standard InChI is InChI=1S/C18H14F2N6O/c1-8-11(19)3-13-10(4-22-25-13)17(8)14-6-26-7-15(23-16(26)5-21-14)24-18(27)9-2-12(9)20/h3-7,9,12H,2H2,1H3,(H,22,25)(H,24,27)/t9-,12+/m1/s1. The molecule has 1 aliphatic rings. The number of aromatic nitrogens is 5. The van der Waals surface area contributed by atoms with Crippen LogP contribution in [-0.4, -0.2) is 36.6 Å². The largest absolute Gasteiger partial charge is 0.309 e. The fraction of sp³-hybridized carbons (Fsp3) is 0.222. The van der Waals surface area contributed by atoms with Crippen LogP contribution in [0.15, 0.2) is 30.9 Å². The number of rotatable bonds is 3. The molecule has 4 aromatic rings. The van der Waals surface area contributed by atoms with Gasteiger partial charge in [0.1, 0.15) is 12.0 Å². The molecule has 0 aliphatic heterocycles. The number of hydrogen-bond donors (Lipinski definition) is 2. The van der Waals surface area contributed by atoms with Crippen molar-refractivity contribution in [3.05, 3.63) is 42.2 Å². The Morgan fingerprint density at radius 3 is 2.96 bits per heavy atom. The second-order valence-electron chi connectivity index (χ2n) is 6.70. The second kappa shape index (κ2) is 5.57. The van der Waals surface area contributed by atoms with Gasteiger partial charge in [-0.2, -0.15) is 5.10 Å². The van der Waals surface area contributed by atoms with E-state index in [1.54, 1.807) is 29.9 Å². The number of hydrogen-bond acceptors (Lipinski definition) is 4. The predicted molar refractivity (Wildman–Crippen MR) is 94.4 cm³/mol. The van der Waals surface area contributed by atoms with Gasteiger partial charge >= 0.3 is 0 Å². The van der Waals surface area contributed by atoms with E-state index in [2.05, 4.69) is 25.5 Å². The summed E-state index contributed by atoms with van der Waals surface area (Å²) < 4.78 is 29.0. The number of carbonyl (C=O) groups is 1. The van der Waals surface area contributed by atoms with Crippen molar-refractivity contribution in [2.75, 3.05) is 5.32 Å². The van der Waals surface area contributed by atoms with Crippen molar-refractivity contribution < 1.29 is 13.6 Å². The fourth-order valence-electron chi connectivity index (χ4n) is 3.23. The number of nitrogens with one attached hydrogen (secondary N) is 2. The minimum Gasteiger partial charge on any atom is -0.309 e. The average Bonchev–Trinajstić information content (AvgIpc) is 3.02. The Kier molecular flexibility index (Phi) is 3.27. The lowest BCUT2D eigenvalue weighted by Gasteiger charge is -2.08. The Bertz CT molecular complexity index is 1210. The number of fused-ring (bicyclic) bond motifs is 2. The molecule has 3 heterocycles. The highest BCUT2D eigenvalue weighted by Gasteiger charge is 2.43. The molecular weight excluding hydrogens is 354 g/mol. The minimum atomic E-state index is -1.07. The molecule has 136 valence electrons. The number of aromatic amines is 1. The molecule has 0 unspecified atom stereocenters. The molecule has 1 aromatic carbocycles. The third kappa shape index (κ3) is 2.54. The molecule has 7 nitrogen and oxygen atoms in total. The second-order valence-corrected chi connectivity index (χ2v) is 6.70. The van der Waals surface area contributed by atoms with E-state index in [-0.39, 0.29) is 18.1 Å². The topological polar surface area (TPSA) is 88.0 Å². The van der Waals surface area contributed by atoms with Gasteiger partial charge in [0.2, 0.25) is 5.91 Å². The van der Waals surface area contributed by atoms with Crippen LogP contribution in [0.3, 0.4) is 0 Å². The molecule has 9 heteroatoms. The summed E-state index contributed by atoms with van der Waals surface area (Å²) in [6, 6.07) is 1.40. The van der Waals surface area contributed by atoms with Gasteiger partial charge in [-0.05, 0) is 25.0 Å². The molecule has 1 fully saturated rings. The lowest BCUT2D eigenvalue weighted by molar-refractivity contribution is -0.117. The van der Waals surface area contributed by atoms with Crippen LogP contribution in [-0.2, 0) is 4.79 Å². The highest BCUT2D eigenvalue weighted by molar-refractivity contribution is 5.96. The van der Waals surface area contributed by atoms with Crippen molar-refractivity contribution >= 4 is 28.3 Å². The van der Waals surface area contributed by atoms with Crippen molar-refractivity contribution in [2.24, 2.45) is 5.92 Å². The van der Waals surface area contributed by atoms with Gasteiger partial charge in [0.25, 0.3) is 0 Å². The average molecular weight is 368 g/mol. The molecule has 0 saturated heterocycles. The van der Waals surface area contributed by atoms with E-state index in [1.165, 1.54) is 12.3 Å². The van der Waals surface area contributed by atoms with Crippen LogP contribution in [0.4, 0.5) is 14.6 Å².